The van der Waals surface area contributed by atoms with Gasteiger partial charge in [0.05, 0.1) is 32.5 Å². The van der Waals surface area contributed by atoms with Crippen LogP contribution in [-0.2, 0) is 22.7 Å². The predicted molar refractivity (Wildman–Crippen MR) is 112 cm³/mol. The first kappa shape index (κ1) is 21.7. The SMILES string of the molecule is CCOc1cccc2c1OCCCCCNC(=O)CN(C(=O)Cn1cc(C)cn1)C2. The van der Waals surface area contributed by atoms with Gasteiger partial charge in [0.1, 0.15) is 6.54 Å². The quantitative estimate of drug-likeness (QED) is 0.830. The lowest BCUT2D eigenvalue weighted by Gasteiger charge is -2.24. The molecule has 8 heteroatoms. The number of rotatable bonds is 4. The van der Waals surface area contributed by atoms with E-state index in [1.165, 1.54) is 0 Å². The van der Waals surface area contributed by atoms with Gasteiger partial charge in [0.15, 0.2) is 11.5 Å². The van der Waals surface area contributed by atoms with Crippen molar-refractivity contribution in [3.8, 4) is 11.5 Å². The maximum atomic E-state index is 13.0. The van der Waals surface area contributed by atoms with Gasteiger partial charge in [0.25, 0.3) is 0 Å². The zero-order valence-corrected chi connectivity index (χ0v) is 17.7. The Morgan fingerprint density at radius 1 is 1.27 bits per heavy atom. The van der Waals surface area contributed by atoms with E-state index in [1.54, 1.807) is 15.8 Å². The summed E-state index contributed by atoms with van der Waals surface area (Å²) in [4.78, 5) is 27.0. The van der Waals surface area contributed by atoms with E-state index in [2.05, 4.69) is 10.4 Å². The molecule has 30 heavy (non-hydrogen) atoms. The molecule has 2 aromatic rings. The fourth-order valence-electron chi connectivity index (χ4n) is 3.38. The lowest BCUT2D eigenvalue weighted by Crippen LogP contribution is -2.42. The topological polar surface area (TPSA) is 85.7 Å². The van der Waals surface area contributed by atoms with Crippen LogP contribution in [-0.4, -0.2) is 52.8 Å². The predicted octanol–water partition coefficient (Wildman–Crippen LogP) is 2.30. The smallest absolute Gasteiger partial charge is 0.245 e. The van der Waals surface area contributed by atoms with Gasteiger partial charge in [-0.15, -0.1) is 0 Å². The molecule has 1 aliphatic heterocycles. The number of para-hydroxylation sites is 1. The number of carbonyl (C=O) groups is 2. The van der Waals surface area contributed by atoms with Crippen molar-refractivity contribution < 1.29 is 19.1 Å². The number of aromatic nitrogens is 2. The maximum Gasteiger partial charge on any atom is 0.245 e. The molecule has 3 rings (SSSR count). The number of hydrogen-bond acceptors (Lipinski definition) is 5. The summed E-state index contributed by atoms with van der Waals surface area (Å²) in [5.41, 5.74) is 1.79. The van der Waals surface area contributed by atoms with Crippen molar-refractivity contribution in [2.75, 3.05) is 26.3 Å². The van der Waals surface area contributed by atoms with Crippen molar-refractivity contribution >= 4 is 11.8 Å². The molecule has 1 aliphatic rings. The van der Waals surface area contributed by atoms with Crippen LogP contribution >= 0.6 is 0 Å². The number of ether oxygens (including phenoxy) is 2. The number of hydrogen-bond donors (Lipinski definition) is 1. The molecule has 8 nitrogen and oxygen atoms in total. The Bertz CT molecular complexity index is 865. The Kier molecular flexibility index (Phi) is 7.70. The van der Waals surface area contributed by atoms with E-state index in [1.807, 2.05) is 38.2 Å². The zero-order chi connectivity index (χ0) is 21.3. The van der Waals surface area contributed by atoms with Crippen LogP contribution in [0.4, 0.5) is 0 Å². The highest BCUT2D eigenvalue weighted by Gasteiger charge is 2.22. The molecule has 0 atom stereocenters. The van der Waals surface area contributed by atoms with Crippen LogP contribution in [0.25, 0.3) is 0 Å². The second-order valence-corrected chi connectivity index (χ2v) is 7.40. The highest BCUT2D eigenvalue weighted by atomic mass is 16.5. The number of fused-ring (bicyclic) bond motifs is 1. The van der Waals surface area contributed by atoms with Gasteiger partial charge >= 0.3 is 0 Å². The van der Waals surface area contributed by atoms with Crippen LogP contribution in [0.15, 0.2) is 30.6 Å². The van der Waals surface area contributed by atoms with Gasteiger partial charge in [-0.2, -0.15) is 5.10 Å². The number of nitrogens with zero attached hydrogens (tertiary/aromatic N) is 3. The minimum absolute atomic E-state index is 0.0165. The van der Waals surface area contributed by atoms with Crippen LogP contribution in [0.5, 0.6) is 11.5 Å². The summed E-state index contributed by atoms with van der Waals surface area (Å²) < 4.78 is 13.4. The Labute approximate surface area is 177 Å². The van der Waals surface area contributed by atoms with Crippen molar-refractivity contribution in [1.82, 2.24) is 20.0 Å². The number of amides is 2. The molecule has 1 aromatic carbocycles. The molecule has 0 saturated carbocycles. The summed E-state index contributed by atoms with van der Waals surface area (Å²) in [6.45, 7) is 5.82. The van der Waals surface area contributed by atoms with Gasteiger partial charge in [-0.25, -0.2) is 0 Å². The third-order valence-corrected chi connectivity index (χ3v) is 4.86. The molecule has 0 unspecified atom stereocenters. The van der Waals surface area contributed by atoms with E-state index in [-0.39, 0.29) is 31.4 Å². The van der Waals surface area contributed by atoms with Crippen LogP contribution < -0.4 is 14.8 Å². The fraction of sp³-hybridized carbons (Fsp3) is 0.500. The minimum atomic E-state index is -0.184. The molecule has 0 bridgehead atoms. The third-order valence-electron chi connectivity index (χ3n) is 4.86. The molecule has 0 aliphatic carbocycles. The Morgan fingerprint density at radius 3 is 2.90 bits per heavy atom. The third kappa shape index (κ3) is 5.98. The minimum Gasteiger partial charge on any atom is -0.490 e. The molecule has 0 radical (unpaired) electrons. The van der Waals surface area contributed by atoms with Crippen LogP contribution in [0.3, 0.4) is 0 Å². The zero-order valence-electron chi connectivity index (χ0n) is 17.7. The molecule has 0 fully saturated rings. The summed E-state index contributed by atoms with van der Waals surface area (Å²) >= 11 is 0. The van der Waals surface area contributed by atoms with E-state index in [0.29, 0.717) is 31.3 Å². The lowest BCUT2D eigenvalue weighted by atomic mass is 10.1. The molecule has 2 heterocycles. The van der Waals surface area contributed by atoms with E-state index < -0.39 is 0 Å². The summed E-state index contributed by atoms with van der Waals surface area (Å²) in [7, 11) is 0. The largest absolute Gasteiger partial charge is 0.490 e. The molecule has 0 spiro atoms. The second kappa shape index (κ2) is 10.7. The monoisotopic (exact) mass is 414 g/mol. The first-order chi connectivity index (χ1) is 14.6. The average molecular weight is 415 g/mol. The molecule has 0 saturated heterocycles. The van der Waals surface area contributed by atoms with E-state index in [9.17, 15) is 9.59 Å². The van der Waals surface area contributed by atoms with Crippen LogP contribution in [0.2, 0.25) is 0 Å². The Morgan fingerprint density at radius 2 is 2.13 bits per heavy atom. The first-order valence-electron chi connectivity index (χ1n) is 10.5. The van der Waals surface area contributed by atoms with Gasteiger partial charge in [-0.3, -0.25) is 14.3 Å². The summed E-state index contributed by atoms with van der Waals surface area (Å²) in [6, 6.07) is 5.66. The summed E-state index contributed by atoms with van der Waals surface area (Å²) in [6.07, 6.45) is 6.22. The second-order valence-electron chi connectivity index (χ2n) is 7.40. The lowest BCUT2D eigenvalue weighted by molar-refractivity contribution is -0.137. The molecule has 162 valence electrons. The fourth-order valence-corrected chi connectivity index (χ4v) is 3.38. The highest BCUT2D eigenvalue weighted by Crippen LogP contribution is 2.32. The summed E-state index contributed by atoms with van der Waals surface area (Å²) in [5, 5.41) is 7.10. The standard InChI is InChI=1S/C22H30N4O4/c1-3-29-19-9-7-8-18-14-25(21(28)16-26-13-17(2)12-24-26)15-20(27)23-10-5-4-6-11-30-22(18)19/h7-9,12-13H,3-6,10-11,14-16H2,1-2H3,(H,23,27). The number of benzene rings is 1. The van der Waals surface area contributed by atoms with E-state index >= 15 is 0 Å². The summed E-state index contributed by atoms with van der Waals surface area (Å²) in [5.74, 6) is 0.953. The van der Waals surface area contributed by atoms with Crippen molar-refractivity contribution in [2.24, 2.45) is 0 Å². The van der Waals surface area contributed by atoms with Crippen molar-refractivity contribution in [1.29, 1.82) is 0 Å². The molecule has 2 amide bonds. The molecular formula is C22H30N4O4. The van der Waals surface area contributed by atoms with Gasteiger partial charge < -0.3 is 19.7 Å². The van der Waals surface area contributed by atoms with Crippen molar-refractivity contribution in [2.45, 2.75) is 46.2 Å². The Balaban J connectivity index is 1.87. The molecule has 1 aromatic heterocycles. The van der Waals surface area contributed by atoms with Crippen molar-refractivity contribution in [3.63, 3.8) is 0 Å². The van der Waals surface area contributed by atoms with Crippen molar-refractivity contribution in [3.05, 3.63) is 41.7 Å². The molecular weight excluding hydrogens is 384 g/mol. The van der Waals surface area contributed by atoms with E-state index in [0.717, 1.165) is 30.4 Å². The Hall–Kier alpha value is -3.03. The van der Waals surface area contributed by atoms with Gasteiger partial charge in [0, 0.05) is 18.3 Å². The van der Waals surface area contributed by atoms with Gasteiger partial charge in [-0.1, -0.05) is 12.1 Å². The normalized spacial score (nSPS) is 15.7. The van der Waals surface area contributed by atoms with Gasteiger partial charge in [-0.05, 0) is 44.7 Å². The average Bonchev–Trinajstić information content (AvgIpc) is 3.13. The van der Waals surface area contributed by atoms with E-state index in [4.69, 9.17) is 9.47 Å². The molecule has 1 N–H and O–H groups in total. The highest BCUT2D eigenvalue weighted by molar-refractivity contribution is 5.84. The van der Waals surface area contributed by atoms with Gasteiger partial charge in [0.2, 0.25) is 11.8 Å². The van der Waals surface area contributed by atoms with Crippen LogP contribution in [0, 0.1) is 6.92 Å². The van der Waals surface area contributed by atoms with Crippen LogP contribution in [0.1, 0.15) is 37.3 Å². The number of nitrogens with one attached hydrogen (secondary N) is 1. The number of carbonyl (C=O) groups excluding carboxylic acids is 2. The maximum absolute atomic E-state index is 13.0. The first-order valence-corrected chi connectivity index (χ1v) is 10.5. The number of aryl methyl sites for hydroxylation is 1.